The number of aryl methyl sites for hydroxylation is 1. The van der Waals surface area contributed by atoms with E-state index in [9.17, 15) is 0 Å². The van der Waals surface area contributed by atoms with E-state index in [0.717, 1.165) is 5.92 Å². The van der Waals surface area contributed by atoms with Gasteiger partial charge in [-0.2, -0.15) is 0 Å². The highest BCUT2D eigenvalue weighted by Crippen LogP contribution is 2.25. The fraction of sp³-hybridized carbons (Fsp3) is 0.647. The predicted octanol–water partition coefficient (Wildman–Crippen LogP) is 2.07. The maximum absolute atomic E-state index is 2.66. The summed E-state index contributed by atoms with van der Waals surface area (Å²) in [6.45, 7) is 10.9. The zero-order valence-electron chi connectivity index (χ0n) is 12.9. The molecule has 3 nitrogen and oxygen atoms in total. The Morgan fingerprint density at radius 2 is 1.90 bits per heavy atom. The van der Waals surface area contributed by atoms with Crippen LogP contribution in [0.15, 0.2) is 24.3 Å². The van der Waals surface area contributed by atoms with Crippen LogP contribution in [0, 0.1) is 12.8 Å². The summed E-state index contributed by atoms with van der Waals surface area (Å²) in [5, 5.41) is 0. The van der Waals surface area contributed by atoms with Crippen molar-refractivity contribution >= 4 is 5.69 Å². The zero-order chi connectivity index (χ0) is 13.9. The molecule has 1 aromatic rings. The van der Waals surface area contributed by atoms with Crippen LogP contribution in [0.25, 0.3) is 0 Å². The molecule has 0 bridgehead atoms. The van der Waals surface area contributed by atoms with Gasteiger partial charge in [0, 0.05) is 51.5 Å². The van der Waals surface area contributed by atoms with Gasteiger partial charge >= 0.3 is 0 Å². The van der Waals surface area contributed by atoms with Crippen LogP contribution in [-0.2, 0) is 0 Å². The summed E-state index contributed by atoms with van der Waals surface area (Å²) in [6.07, 6.45) is 1.35. The Morgan fingerprint density at radius 1 is 1.10 bits per heavy atom. The van der Waals surface area contributed by atoms with E-state index in [1.165, 1.54) is 63.5 Å². The first-order valence-corrected chi connectivity index (χ1v) is 7.93. The van der Waals surface area contributed by atoms with E-state index < -0.39 is 0 Å². The summed E-state index contributed by atoms with van der Waals surface area (Å²) < 4.78 is 0. The molecule has 1 atom stereocenters. The molecule has 3 heteroatoms. The molecule has 0 amide bonds. The SMILES string of the molecule is Cc1cccc(N2CCC(CN3CCN(C)CC3)C2)c1. The van der Waals surface area contributed by atoms with E-state index in [-0.39, 0.29) is 0 Å². The monoisotopic (exact) mass is 273 g/mol. The molecule has 2 aliphatic heterocycles. The Morgan fingerprint density at radius 3 is 2.65 bits per heavy atom. The average Bonchev–Trinajstić information content (AvgIpc) is 2.90. The van der Waals surface area contributed by atoms with E-state index in [1.807, 2.05) is 0 Å². The average molecular weight is 273 g/mol. The van der Waals surface area contributed by atoms with Gasteiger partial charge in [0.25, 0.3) is 0 Å². The van der Waals surface area contributed by atoms with Gasteiger partial charge in [0.15, 0.2) is 0 Å². The van der Waals surface area contributed by atoms with Crippen LogP contribution < -0.4 is 4.90 Å². The van der Waals surface area contributed by atoms with E-state index >= 15 is 0 Å². The van der Waals surface area contributed by atoms with Crippen LogP contribution in [0.1, 0.15) is 12.0 Å². The lowest BCUT2D eigenvalue weighted by Gasteiger charge is -2.33. The Kier molecular flexibility index (Phi) is 4.27. The van der Waals surface area contributed by atoms with Crippen LogP contribution in [-0.4, -0.2) is 62.7 Å². The lowest BCUT2D eigenvalue weighted by Crippen LogP contribution is -2.46. The molecule has 2 saturated heterocycles. The van der Waals surface area contributed by atoms with Crippen molar-refractivity contribution in [1.82, 2.24) is 9.80 Å². The van der Waals surface area contributed by atoms with Gasteiger partial charge in [0.2, 0.25) is 0 Å². The van der Waals surface area contributed by atoms with E-state index in [0.29, 0.717) is 0 Å². The minimum Gasteiger partial charge on any atom is -0.371 e. The van der Waals surface area contributed by atoms with Crippen molar-refractivity contribution in [3.8, 4) is 0 Å². The molecule has 0 aromatic heterocycles. The predicted molar refractivity (Wildman–Crippen MR) is 85.4 cm³/mol. The maximum Gasteiger partial charge on any atom is 0.0368 e. The Labute approximate surface area is 123 Å². The second-order valence-corrected chi connectivity index (χ2v) is 6.54. The molecule has 2 heterocycles. The van der Waals surface area contributed by atoms with Gasteiger partial charge in [-0.15, -0.1) is 0 Å². The molecule has 0 spiro atoms. The van der Waals surface area contributed by atoms with Gasteiger partial charge in [-0.25, -0.2) is 0 Å². The van der Waals surface area contributed by atoms with Gasteiger partial charge < -0.3 is 14.7 Å². The van der Waals surface area contributed by atoms with E-state index in [2.05, 4.69) is 52.9 Å². The fourth-order valence-corrected chi connectivity index (χ4v) is 3.44. The molecule has 0 aliphatic carbocycles. The van der Waals surface area contributed by atoms with Crippen molar-refractivity contribution in [2.24, 2.45) is 5.92 Å². The van der Waals surface area contributed by atoms with Gasteiger partial charge in [0.05, 0.1) is 0 Å². The first-order valence-electron chi connectivity index (χ1n) is 7.93. The molecule has 0 radical (unpaired) electrons. The highest BCUT2D eigenvalue weighted by molar-refractivity contribution is 5.49. The number of hydrogen-bond acceptors (Lipinski definition) is 3. The molecule has 1 aromatic carbocycles. The van der Waals surface area contributed by atoms with Crippen molar-refractivity contribution < 1.29 is 0 Å². The smallest absolute Gasteiger partial charge is 0.0368 e. The molecular weight excluding hydrogens is 246 g/mol. The molecule has 110 valence electrons. The summed E-state index contributed by atoms with van der Waals surface area (Å²) in [4.78, 5) is 7.66. The summed E-state index contributed by atoms with van der Waals surface area (Å²) in [5.41, 5.74) is 2.77. The van der Waals surface area contributed by atoms with Crippen molar-refractivity contribution in [2.75, 3.05) is 57.8 Å². The summed E-state index contributed by atoms with van der Waals surface area (Å²) >= 11 is 0. The van der Waals surface area contributed by atoms with E-state index in [1.54, 1.807) is 0 Å². The third kappa shape index (κ3) is 3.33. The Bertz CT molecular complexity index is 438. The van der Waals surface area contributed by atoms with E-state index in [4.69, 9.17) is 0 Å². The van der Waals surface area contributed by atoms with Gasteiger partial charge in [-0.3, -0.25) is 0 Å². The van der Waals surface area contributed by atoms with Gasteiger partial charge in [-0.1, -0.05) is 12.1 Å². The second-order valence-electron chi connectivity index (χ2n) is 6.54. The first kappa shape index (κ1) is 13.9. The van der Waals surface area contributed by atoms with Crippen LogP contribution >= 0.6 is 0 Å². The minimum atomic E-state index is 0.846. The van der Waals surface area contributed by atoms with Gasteiger partial charge in [0.1, 0.15) is 0 Å². The summed E-state index contributed by atoms with van der Waals surface area (Å²) in [7, 11) is 2.23. The number of likely N-dealkylation sites (N-methyl/N-ethyl adjacent to an activating group) is 1. The van der Waals surface area contributed by atoms with Crippen LogP contribution in [0.4, 0.5) is 5.69 Å². The lowest BCUT2D eigenvalue weighted by atomic mass is 10.1. The number of rotatable bonds is 3. The highest BCUT2D eigenvalue weighted by Gasteiger charge is 2.25. The quantitative estimate of drug-likeness (QED) is 0.835. The standard InChI is InChI=1S/C17H27N3/c1-15-4-3-5-17(12-15)20-7-6-16(14-20)13-19-10-8-18(2)9-11-19/h3-5,12,16H,6-11,13-14H2,1-2H3. The maximum atomic E-state index is 2.66. The molecule has 1 unspecified atom stereocenters. The van der Waals surface area contributed by atoms with Gasteiger partial charge in [-0.05, 0) is 44.0 Å². The van der Waals surface area contributed by atoms with Crippen LogP contribution in [0.5, 0.6) is 0 Å². The first-order chi connectivity index (χ1) is 9.70. The van der Waals surface area contributed by atoms with Crippen LogP contribution in [0.3, 0.4) is 0 Å². The minimum absolute atomic E-state index is 0.846. The van der Waals surface area contributed by atoms with Crippen molar-refractivity contribution in [1.29, 1.82) is 0 Å². The van der Waals surface area contributed by atoms with Crippen LogP contribution in [0.2, 0.25) is 0 Å². The lowest BCUT2D eigenvalue weighted by molar-refractivity contribution is 0.139. The molecule has 20 heavy (non-hydrogen) atoms. The van der Waals surface area contributed by atoms with Crippen molar-refractivity contribution in [3.05, 3.63) is 29.8 Å². The number of anilines is 1. The highest BCUT2D eigenvalue weighted by atomic mass is 15.3. The summed E-state index contributed by atoms with van der Waals surface area (Å²) in [6, 6.07) is 8.93. The normalized spacial score (nSPS) is 25.3. The van der Waals surface area contributed by atoms with Crippen molar-refractivity contribution in [2.45, 2.75) is 13.3 Å². The topological polar surface area (TPSA) is 9.72 Å². The molecular formula is C17H27N3. The Hall–Kier alpha value is -1.06. The third-order valence-electron chi connectivity index (χ3n) is 4.76. The van der Waals surface area contributed by atoms with Crippen molar-refractivity contribution in [3.63, 3.8) is 0 Å². The zero-order valence-corrected chi connectivity index (χ0v) is 12.9. The molecule has 3 rings (SSSR count). The number of piperazine rings is 1. The number of benzene rings is 1. The molecule has 2 aliphatic rings. The molecule has 0 N–H and O–H groups in total. The number of nitrogens with zero attached hydrogens (tertiary/aromatic N) is 3. The largest absolute Gasteiger partial charge is 0.371 e. The third-order valence-corrected chi connectivity index (χ3v) is 4.76. The Balaban J connectivity index is 1.52. The summed E-state index contributed by atoms with van der Waals surface area (Å²) in [5.74, 6) is 0.846. The second kappa shape index (κ2) is 6.15. The molecule has 0 saturated carbocycles. The number of hydrogen-bond donors (Lipinski definition) is 0. The molecule has 2 fully saturated rings. The fourth-order valence-electron chi connectivity index (χ4n) is 3.44.